The van der Waals surface area contributed by atoms with E-state index < -0.39 is 0 Å². The minimum Gasteiger partial charge on any atom is -0.356 e. The fraction of sp³-hybridized carbons (Fsp3) is 0.556. The first kappa shape index (κ1) is 20.5. The lowest BCUT2D eigenvalue weighted by molar-refractivity contribution is -0.122. The van der Waals surface area contributed by atoms with Crippen LogP contribution in [0.25, 0.3) is 0 Å². The Morgan fingerprint density at radius 3 is 2.56 bits per heavy atom. The second-order valence-electron chi connectivity index (χ2n) is 6.71. The molecule has 25 heavy (non-hydrogen) atoms. The molecule has 0 spiro atoms. The van der Waals surface area contributed by atoms with Gasteiger partial charge in [-0.1, -0.05) is 28.1 Å². The Kier molecular flexibility index (Phi) is 7.54. The zero-order chi connectivity index (χ0) is 17.0. The maximum Gasteiger partial charge on any atom is 0.223 e. The summed E-state index contributed by atoms with van der Waals surface area (Å²) in [7, 11) is 1.77. The van der Waals surface area contributed by atoms with Gasteiger partial charge >= 0.3 is 0 Å². The van der Waals surface area contributed by atoms with E-state index in [4.69, 9.17) is 0 Å². The van der Waals surface area contributed by atoms with Crippen LogP contribution in [0.1, 0.15) is 31.2 Å². The monoisotopic (exact) mass is 520 g/mol. The minimum atomic E-state index is 0. The van der Waals surface area contributed by atoms with Gasteiger partial charge in [0, 0.05) is 42.5 Å². The number of rotatable bonds is 7. The molecule has 0 heterocycles. The van der Waals surface area contributed by atoms with Gasteiger partial charge in [0.05, 0.1) is 0 Å². The number of nitrogens with zero attached hydrogens (tertiary/aromatic N) is 1. The van der Waals surface area contributed by atoms with E-state index in [2.05, 4.69) is 61.1 Å². The molecule has 138 valence electrons. The van der Waals surface area contributed by atoms with Crippen LogP contribution in [0.3, 0.4) is 0 Å². The number of nitrogens with one attached hydrogen (secondary N) is 3. The molecule has 1 aromatic carbocycles. The van der Waals surface area contributed by atoms with Gasteiger partial charge < -0.3 is 16.0 Å². The molecule has 2 aliphatic rings. The van der Waals surface area contributed by atoms with Gasteiger partial charge in [0.2, 0.25) is 5.91 Å². The van der Waals surface area contributed by atoms with Crippen molar-refractivity contribution in [3.8, 4) is 0 Å². The summed E-state index contributed by atoms with van der Waals surface area (Å²) in [6, 6.07) is 8.56. The van der Waals surface area contributed by atoms with Gasteiger partial charge in [0.1, 0.15) is 0 Å². The molecule has 2 fully saturated rings. The number of aliphatic imine (C=N–C) groups is 1. The molecule has 1 amide bonds. The van der Waals surface area contributed by atoms with E-state index in [1.165, 1.54) is 18.4 Å². The van der Waals surface area contributed by atoms with Gasteiger partial charge in [-0.05, 0) is 43.4 Å². The smallest absolute Gasteiger partial charge is 0.223 e. The molecule has 0 saturated heterocycles. The second kappa shape index (κ2) is 9.21. The Labute approximate surface area is 175 Å². The molecule has 0 aliphatic heterocycles. The third kappa shape index (κ3) is 5.84. The SMILES string of the molecule is CN=C(NCCNC(=O)C1CC1)NCC1(c2cccc(Br)c2)CC1.I. The van der Waals surface area contributed by atoms with E-state index in [0.717, 1.165) is 29.8 Å². The quantitative estimate of drug-likeness (QED) is 0.224. The summed E-state index contributed by atoms with van der Waals surface area (Å²) in [6.07, 6.45) is 4.48. The van der Waals surface area contributed by atoms with Crippen molar-refractivity contribution in [2.75, 3.05) is 26.7 Å². The summed E-state index contributed by atoms with van der Waals surface area (Å²) in [6.45, 7) is 2.19. The maximum absolute atomic E-state index is 11.6. The predicted molar refractivity (Wildman–Crippen MR) is 116 cm³/mol. The van der Waals surface area contributed by atoms with Crippen LogP contribution >= 0.6 is 39.9 Å². The number of amides is 1. The van der Waals surface area contributed by atoms with Crippen molar-refractivity contribution in [2.45, 2.75) is 31.1 Å². The topological polar surface area (TPSA) is 65.5 Å². The van der Waals surface area contributed by atoms with Crippen LogP contribution < -0.4 is 16.0 Å². The van der Waals surface area contributed by atoms with Crippen molar-refractivity contribution >= 4 is 51.8 Å². The first-order valence-corrected chi connectivity index (χ1v) is 9.40. The Morgan fingerprint density at radius 2 is 1.96 bits per heavy atom. The number of hydrogen-bond acceptors (Lipinski definition) is 2. The Morgan fingerprint density at radius 1 is 1.24 bits per heavy atom. The standard InChI is InChI=1S/C18H25BrN4O.HI/c1-20-17(22-10-9-21-16(24)13-5-6-13)23-12-18(7-8-18)14-3-2-4-15(19)11-14;/h2-4,11,13H,5-10,12H2,1H3,(H,21,24)(H2,20,22,23);1H. The summed E-state index contributed by atoms with van der Waals surface area (Å²) in [5, 5.41) is 9.64. The molecule has 7 heteroatoms. The van der Waals surface area contributed by atoms with Crippen molar-refractivity contribution < 1.29 is 4.79 Å². The van der Waals surface area contributed by atoms with Crippen LogP contribution in [0.2, 0.25) is 0 Å². The third-order valence-corrected chi connectivity index (χ3v) is 5.27. The fourth-order valence-corrected chi connectivity index (χ4v) is 3.27. The van der Waals surface area contributed by atoms with E-state index >= 15 is 0 Å². The van der Waals surface area contributed by atoms with Crippen molar-refractivity contribution in [1.82, 2.24) is 16.0 Å². The molecule has 1 aromatic rings. The third-order valence-electron chi connectivity index (χ3n) is 4.77. The van der Waals surface area contributed by atoms with E-state index in [9.17, 15) is 4.79 Å². The highest BCUT2D eigenvalue weighted by Crippen LogP contribution is 2.48. The molecule has 2 saturated carbocycles. The van der Waals surface area contributed by atoms with Crippen molar-refractivity contribution in [1.29, 1.82) is 0 Å². The number of benzene rings is 1. The molecule has 0 atom stereocenters. The first-order chi connectivity index (χ1) is 11.6. The second-order valence-corrected chi connectivity index (χ2v) is 7.62. The van der Waals surface area contributed by atoms with E-state index in [0.29, 0.717) is 13.1 Å². The average Bonchev–Trinajstić information content (AvgIpc) is 3.48. The fourth-order valence-electron chi connectivity index (χ4n) is 2.87. The van der Waals surface area contributed by atoms with Gasteiger partial charge in [-0.25, -0.2) is 0 Å². The van der Waals surface area contributed by atoms with Gasteiger partial charge in [-0.2, -0.15) is 0 Å². The Balaban J connectivity index is 0.00000225. The normalized spacial score (nSPS) is 18.1. The van der Waals surface area contributed by atoms with Gasteiger partial charge in [0.25, 0.3) is 0 Å². The van der Waals surface area contributed by atoms with Crippen LogP contribution in [0.4, 0.5) is 0 Å². The first-order valence-electron chi connectivity index (χ1n) is 8.61. The zero-order valence-electron chi connectivity index (χ0n) is 14.5. The number of carbonyl (C=O) groups is 1. The van der Waals surface area contributed by atoms with Gasteiger partial charge in [-0.3, -0.25) is 9.79 Å². The van der Waals surface area contributed by atoms with Crippen LogP contribution in [0.15, 0.2) is 33.7 Å². The highest BCUT2D eigenvalue weighted by Gasteiger charge is 2.44. The molecular weight excluding hydrogens is 495 g/mol. The molecule has 0 bridgehead atoms. The van der Waals surface area contributed by atoms with Crippen LogP contribution in [-0.2, 0) is 10.2 Å². The molecule has 3 N–H and O–H groups in total. The predicted octanol–water partition coefficient (Wildman–Crippen LogP) is 2.79. The average molecular weight is 521 g/mol. The largest absolute Gasteiger partial charge is 0.356 e. The Hall–Kier alpha value is -0.830. The van der Waals surface area contributed by atoms with Gasteiger partial charge in [0.15, 0.2) is 5.96 Å². The highest BCUT2D eigenvalue weighted by molar-refractivity contribution is 14.0. The molecule has 0 aromatic heterocycles. The summed E-state index contributed by atoms with van der Waals surface area (Å²) in [4.78, 5) is 15.8. The summed E-state index contributed by atoms with van der Waals surface area (Å²) >= 11 is 3.55. The number of carbonyl (C=O) groups excluding carboxylic acids is 1. The lowest BCUT2D eigenvalue weighted by Crippen LogP contribution is -2.44. The summed E-state index contributed by atoms with van der Waals surface area (Å²) in [5.41, 5.74) is 1.60. The number of guanidine groups is 1. The van der Waals surface area contributed by atoms with Crippen LogP contribution in [-0.4, -0.2) is 38.5 Å². The molecule has 0 unspecified atom stereocenters. The van der Waals surface area contributed by atoms with Crippen molar-refractivity contribution in [3.05, 3.63) is 34.3 Å². The van der Waals surface area contributed by atoms with Crippen LogP contribution in [0, 0.1) is 5.92 Å². The minimum absolute atomic E-state index is 0. The number of hydrogen-bond donors (Lipinski definition) is 3. The Bertz CT molecular complexity index is 629. The molecule has 5 nitrogen and oxygen atoms in total. The van der Waals surface area contributed by atoms with E-state index in [1.807, 2.05) is 0 Å². The van der Waals surface area contributed by atoms with Crippen molar-refractivity contribution in [3.63, 3.8) is 0 Å². The maximum atomic E-state index is 11.6. The molecule has 3 rings (SSSR count). The summed E-state index contributed by atoms with van der Waals surface area (Å²) < 4.78 is 1.13. The molecular formula is C18H26BrIN4O. The van der Waals surface area contributed by atoms with Gasteiger partial charge in [-0.15, -0.1) is 24.0 Å². The number of halogens is 2. The highest BCUT2D eigenvalue weighted by atomic mass is 127. The molecule has 0 radical (unpaired) electrons. The van der Waals surface area contributed by atoms with Crippen LogP contribution in [0.5, 0.6) is 0 Å². The van der Waals surface area contributed by atoms with E-state index in [-0.39, 0.29) is 41.2 Å². The summed E-state index contributed by atoms with van der Waals surface area (Å²) in [5.74, 6) is 1.24. The lowest BCUT2D eigenvalue weighted by Gasteiger charge is -2.19. The van der Waals surface area contributed by atoms with E-state index in [1.54, 1.807) is 7.05 Å². The zero-order valence-corrected chi connectivity index (χ0v) is 18.4. The molecule has 2 aliphatic carbocycles. The lowest BCUT2D eigenvalue weighted by atomic mass is 9.96. The van der Waals surface area contributed by atoms with Crippen molar-refractivity contribution in [2.24, 2.45) is 10.9 Å².